The lowest BCUT2D eigenvalue weighted by Gasteiger charge is -2.30. The number of rotatable bonds is 8. The van der Waals surface area contributed by atoms with Crippen LogP contribution in [0.15, 0.2) is 36.4 Å². The number of nitrogens with zero attached hydrogens (tertiary/aromatic N) is 2. The number of alkyl carbamates (subject to hydrolysis) is 1. The zero-order chi connectivity index (χ0) is 42.7. The molecule has 5 amide bonds. The Morgan fingerprint density at radius 1 is 0.966 bits per heavy atom. The number of carbonyl (C=O) groups is 5. The highest BCUT2D eigenvalue weighted by Gasteiger charge is 2.62. The van der Waals surface area contributed by atoms with Crippen LogP contribution < -0.4 is 24.8 Å². The lowest BCUT2D eigenvalue weighted by molar-refractivity contribution is -0.141. The summed E-state index contributed by atoms with van der Waals surface area (Å²) < 4.78 is 65.5. The molecule has 1 saturated carbocycles. The number of methoxy groups -OCH3 is 2. The van der Waals surface area contributed by atoms with Crippen molar-refractivity contribution in [3.05, 3.63) is 58.9 Å². The second kappa shape index (κ2) is 17.6. The van der Waals surface area contributed by atoms with Crippen molar-refractivity contribution in [3.8, 4) is 11.5 Å². The SMILES string of the molecule is COc1cc(CS(=O)(=O)NC(=O)[C@@]23C[C@H]2CCCCCCC[C@H](NC(=O)OC(C)(C)C)C(=O)N2C[C@H](OC(=O)N4Cc5cccc(F)c5C4)C[C@H]2C(=O)N3)cc(OC)c1. The Morgan fingerprint density at radius 3 is 2.31 bits per heavy atom. The standard InChI is InChI=1S/C41H54FN5O11S/c1-40(2,3)58-38(51)43-33-15-10-8-6-7-9-13-27-20-41(27,37(50)45-59(53,54)24-25-16-28(55-4)18-29(17-25)56-5)44-35(48)34-19-30(22-47(34)36(33)49)57-39(52)46-21-26-12-11-14-32(42)31(26)23-46/h11-12,14,16-18,27,30,33-34H,6-10,13,15,19-24H2,1-5H3,(H,43,51)(H,44,48)(H,45,50)/t27-,30-,33+,34+,41-/m1/s1. The van der Waals surface area contributed by atoms with E-state index in [0.29, 0.717) is 47.5 Å². The van der Waals surface area contributed by atoms with Gasteiger partial charge in [0, 0.05) is 24.6 Å². The highest BCUT2D eigenvalue weighted by Crippen LogP contribution is 2.48. The number of fused-ring (bicyclic) bond motifs is 3. The summed E-state index contributed by atoms with van der Waals surface area (Å²) in [6.07, 6.45) is 1.86. The van der Waals surface area contributed by atoms with Crippen molar-refractivity contribution in [3.63, 3.8) is 0 Å². The van der Waals surface area contributed by atoms with Gasteiger partial charge in [-0.05, 0) is 75.3 Å². The molecule has 6 rings (SSSR count). The maximum atomic E-state index is 14.5. The third-order valence-corrected chi connectivity index (χ3v) is 12.4. The number of hydrogen-bond donors (Lipinski definition) is 3. The predicted molar refractivity (Wildman–Crippen MR) is 211 cm³/mol. The van der Waals surface area contributed by atoms with E-state index in [1.54, 1.807) is 39.0 Å². The molecular weight excluding hydrogens is 790 g/mol. The lowest BCUT2D eigenvalue weighted by atomic mass is 10.0. The molecule has 322 valence electrons. The molecule has 1 aliphatic carbocycles. The molecule has 59 heavy (non-hydrogen) atoms. The Kier molecular flexibility index (Phi) is 13.0. The number of nitrogens with one attached hydrogen (secondary N) is 3. The second-order valence-electron chi connectivity index (χ2n) is 16.8. The zero-order valence-electron chi connectivity index (χ0n) is 34.1. The van der Waals surface area contributed by atoms with E-state index in [0.717, 1.165) is 19.3 Å². The van der Waals surface area contributed by atoms with Crippen molar-refractivity contribution < 1.29 is 55.7 Å². The molecule has 3 N–H and O–H groups in total. The van der Waals surface area contributed by atoms with E-state index in [1.807, 2.05) is 0 Å². The van der Waals surface area contributed by atoms with E-state index >= 15 is 0 Å². The first-order valence-electron chi connectivity index (χ1n) is 20.0. The number of amides is 5. The average molecular weight is 844 g/mol. The van der Waals surface area contributed by atoms with Gasteiger partial charge < -0.3 is 34.5 Å². The minimum Gasteiger partial charge on any atom is -0.497 e. The molecule has 2 saturated heterocycles. The Hall–Kier alpha value is -5.13. The van der Waals surface area contributed by atoms with Crippen LogP contribution in [0, 0.1) is 11.7 Å². The van der Waals surface area contributed by atoms with Crippen LogP contribution >= 0.6 is 0 Å². The number of sulfonamides is 1. The van der Waals surface area contributed by atoms with Gasteiger partial charge in [-0.15, -0.1) is 0 Å². The minimum atomic E-state index is -4.30. The average Bonchev–Trinajstić information content (AvgIpc) is 3.45. The lowest BCUT2D eigenvalue weighted by Crippen LogP contribution is -2.58. The summed E-state index contributed by atoms with van der Waals surface area (Å²) in [5, 5.41) is 5.51. The Morgan fingerprint density at radius 2 is 1.64 bits per heavy atom. The molecule has 16 nitrogen and oxygen atoms in total. The van der Waals surface area contributed by atoms with Crippen molar-refractivity contribution in [2.75, 3.05) is 20.8 Å². The first-order valence-corrected chi connectivity index (χ1v) is 21.7. The van der Waals surface area contributed by atoms with Gasteiger partial charge in [-0.3, -0.25) is 24.0 Å². The van der Waals surface area contributed by atoms with Crippen molar-refractivity contribution in [2.24, 2.45) is 5.92 Å². The normalized spacial score (nSPS) is 24.9. The third kappa shape index (κ3) is 10.6. The van der Waals surface area contributed by atoms with Gasteiger partial charge in [0.2, 0.25) is 21.8 Å². The van der Waals surface area contributed by atoms with Gasteiger partial charge in [-0.2, -0.15) is 0 Å². The molecule has 5 atom stereocenters. The van der Waals surface area contributed by atoms with Gasteiger partial charge in [0.15, 0.2) is 0 Å². The highest BCUT2D eigenvalue weighted by molar-refractivity contribution is 7.89. The topological polar surface area (TPSA) is 199 Å². The number of hydrogen-bond acceptors (Lipinski definition) is 11. The van der Waals surface area contributed by atoms with Crippen LogP contribution in [-0.4, -0.2) is 98.2 Å². The van der Waals surface area contributed by atoms with Crippen LogP contribution in [0.1, 0.15) is 95.2 Å². The molecule has 2 aromatic rings. The molecule has 0 aromatic heterocycles. The van der Waals surface area contributed by atoms with Crippen LogP contribution in [0.2, 0.25) is 0 Å². The van der Waals surface area contributed by atoms with E-state index in [-0.39, 0.29) is 44.8 Å². The minimum absolute atomic E-state index is 0.0186. The molecule has 0 radical (unpaired) electrons. The van der Waals surface area contributed by atoms with Crippen molar-refractivity contribution in [2.45, 2.75) is 127 Å². The number of carbonyl (C=O) groups excluding carboxylic acids is 5. The van der Waals surface area contributed by atoms with Gasteiger partial charge >= 0.3 is 12.2 Å². The van der Waals surface area contributed by atoms with E-state index in [9.17, 15) is 36.8 Å². The fourth-order valence-electron chi connectivity index (χ4n) is 8.19. The summed E-state index contributed by atoms with van der Waals surface area (Å²) in [5.74, 6) is -2.95. The monoisotopic (exact) mass is 843 g/mol. The van der Waals surface area contributed by atoms with Crippen molar-refractivity contribution >= 4 is 39.9 Å². The molecule has 0 unspecified atom stereocenters. The van der Waals surface area contributed by atoms with E-state index in [2.05, 4.69) is 15.4 Å². The summed E-state index contributed by atoms with van der Waals surface area (Å²) in [4.78, 5) is 72.0. The van der Waals surface area contributed by atoms with Crippen LogP contribution in [0.4, 0.5) is 14.0 Å². The predicted octanol–water partition coefficient (Wildman–Crippen LogP) is 4.42. The molecule has 2 aromatic carbocycles. The largest absolute Gasteiger partial charge is 0.497 e. The number of benzene rings is 2. The van der Waals surface area contributed by atoms with Gasteiger partial charge in [0.25, 0.3) is 5.91 Å². The van der Waals surface area contributed by atoms with E-state index in [1.165, 1.54) is 42.2 Å². The summed E-state index contributed by atoms with van der Waals surface area (Å²) in [7, 11) is -1.45. The van der Waals surface area contributed by atoms with Crippen LogP contribution in [0.25, 0.3) is 0 Å². The maximum absolute atomic E-state index is 14.5. The molecule has 3 fully saturated rings. The molecule has 4 aliphatic rings. The molecular formula is C41H54FN5O11S. The number of halogens is 1. The van der Waals surface area contributed by atoms with Gasteiger partial charge in [0.05, 0.1) is 33.1 Å². The summed E-state index contributed by atoms with van der Waals surface area (Å²) in [6, 6.07) is 6.83. The fraction of sp³-hybridized carbons (Fsp3) is 0.585. The summed E-state index contributed by atoms with van der Waals surface area (Å²) in [5.41, 5.74) is -1.14. The van der Waals surface area contributed by atoms with Crippen LogP contribution in [0.3, 0.4) is 0 Å². The van der Waals surface area contributed by atoms with Gasteiger partial charge in [0.1, 0.15) is 46.6 Å². The Labute approximate surface area is 343 Å². The Bertz CT molecular complexity index is 2040. The molecule has 0 spiro atoms. The quantitative estimate of drug-likeness (QED) is 0.340. The highest BCUT2D eigenvalue weighted by atomic mass is 32.2. The van der Waals surface area contributed by atoms with Gasteiger partial charge in [-0.1, -0.05) is 44.2 Å². The van der Waals surface area contributed by atoms with Crippen molar-refractivity contribution in [1.82, 2.24) is 25.2 Å². The fourth-order valence-corrected chi connectivity index (χ4v) is 9.33. The zero-order valence-corrected chi connectivity index (χ0v) is 35.0. The molecule has 18 heteroatoms. The summed E-state index contributed by atoms with van der Waals surface area (Å²) >= 11 is 0. The third-order valence-electron chi connectivity index (χ3n) is 11.2. The number of ether oxygens (including phenoxy) is 4. The van der Waals surface area contributed by atoms with E-state index < -0.39 is 80.8 Å². The smallest absolute Gasteiger partial charge is 0.410 e. The van der Waals surface area contributed by atoms with Crippen LogP contribution in [0.5, 0.6) is 11.5 Å². The van der Waals surface area contributed by atoms with Crippen LogP contribution in [-0.2, 0) is 52.7 Å². The van der Waals surface area contributed by atoms with Gasteiger partial charge in [-0.25, -0.2) is 22.4 Å². The molecule has 0 bridgehead atoms. The first-order chi connectivity index (χ1) is 27.9. The maximum Gasteiger partial charge on any atom is 0.410 e. The van der Waals surface area contributed by atoms with Crippen molar-refractivity contribution in [1.29, 1.82) is 0 Å². The van der Waals surface area contributed by atoms with E-state index in [4.69, 9.17) is 18.9 Å². The molecule has 3 aliphatic heterocycles. The second-order valence-corrected chi connectivity index (χ2v) is 18.5. The Balaban J connectivity index is 1.25. The summed E-state index contributed by atoms with van der Waals surface area (Å²) in [6.45, 7) is 4.95. The molecule has 3 heterocycles. The first kappa shape index (κ1) is 43.4.